The molecule has 1 atom stereocenters. The highest BCUT2D eigenvalue weighted by Crippen LogP contribution is 2.30. The van der Waals surface area contributed by atoms with Gasteiger partial charge in [-0.05, 0) is 42.3 Å². The number of hydrogen-bond donors (Lipinski definition) is 1. The van der Waals surface area contributed by atoms with Crippen LogP contribution in [0.5, 0.6) is 0 Å². The molecule has 7 heteroatoms. The second kappa shape index (κ2) is 7.09. The van der Waals surface area contributed by atoms with Crippen LogP contribution in [0.2, 0.25) is 5.02 Å². The molecule has 2 heterocycles. The van der Waals surface area contributed by atoms with Crippen LogP contribution >= 0.6 is 22.9 Å². The molecule has 1 unspecified atom stereocenters. The molecule has 1 amide bonds. The van der Waals surface area contributed by atoms with Gasteiger partial charge in [-0.1, -0.05) is 23.7 Å². The standard InChI is InChI=1S/C17H16ClNO3S2/c18-13-3-1-2-12(10-13)16-6-4-15(23-16)5-7-17(20)19-14-8-9-24(21,22)11-14/h1-7,10,14H,8-9,11H2,(H,19,20). The van der Waals surface area contributed by atoms with Crippen LogP contribution in [0.3, 0.4) is 0 Å². The van der Waals surface area contributed by atoms with Crippen LogP contribution in [-0.2, 0) is 14.6 Å². The Morgan fingerprint density at radius 3 is 2.83 bits per heavy atom. The number of rotatable bonds is 4. The van der Waals surface area contributed by atoms with E-state index in [2.05, 4.69) is 5.32 Å². The van der Waals surface area contributed by atoms with E-state index in [4.69, 9.17) is 11.6 Å². The van der Waals surface area contributed by atoms with Gasteiger partial charge < -0.3 is 5.32 Å². The largest absolute Gasteiger partial charge is 0.349 e. The first-order valence-corrected chi connectivity index (χ1v) is 10.5. The van der Waals surface area contributed by atoms with Crippen LogP contribution in [0.15, 0.2) is 42.5 Å². The van der Waals surface area contributed by atoms with E-state index in [9.17, 15) is 13.2 Å². The summed E-state index contributed by atoms with van der Waals surface area (Å²) in [5, 5.41) is 3.42. The molecule has 1 aromatic heterocycles. The number of sulfone groups is 1. The first kappa shape index (κ1) is 17.2. The number of carbonyl (C=O) groups is 1. The first-order chi connectivity index (χ1) is 11.4. The molecule has 24 heavy (non-hydrogen) atoms. The maximum atomic E-state index is 11.9. The maximum Gasteiger partial charge on any atom is 0.244 e. The van der Waals surface area contributed by atoms with Crippen molar-refractivity contribution in [3.05, 3.63) is 52.4 Å². The lowest BCUT2D eigenvalue weighted by molar-refractivity contribution is -0.116. The third-order valence-electron chi connectivity index (χ3n) is 3.71. The Bertz CT molecular complexity index is 887. The van der Waals surface area contributed by atoms with Crippen molar-refractivity contribution < 1.29 is 13.2 Å². The summed E-state index contributed by atoms with van der Waals surface area (Å²) in [4.78, 5) is 13.9. The minimum Gasteiger partial charge on any atom is -0.349 e. The third kappa shape index (κ3) is 4.47. The Kier molecular flexibility index (Phi) is 5.08. The van der Waals surface area contributed by atoms with E-state index >= 15 is 0 Å². The molecule has 3 rings (SSSR count). The van der Waals surface area contributed by atoms with E-state index in [-0.39, 0.29) is 23.5 Å². The number of halogens is 1. The van der Waals surface area contributed by atoms with Crippen LogP contribution in [0.4, 0.5) is 0 Å². The van der Waals surface area contributed by atoms with Gasteiger partial charge in [0.05, 0.1) is 11.5 Å². The second-order valence-corrected chi connectivity index (χ2v) is 9.43. The zero-order valence-corrected chi connectivity index (χ0v) is 15.1. The van der Waals surface area contributed by atoms with E-state index in [1.165, 1.54) is 6.08 Å². The summed E-state index contributed by atoms with van der Waals surface area (Å²) in [5.41, 5.74) is 1.03. The number of amides is 1. The highest BCUT2D eigenvalue weighted by Gasteiger charge is 2.28. The van der Waals surface area contributed by atoms with Gasteiger partial charge in [-0.25, -0.2) is 8.42 Å². The van der Waals surface area contributed by atoms with Gasteiger partial charge in [-0.3, -0.25) is 4.79 Å². The smallest absolute Gasteiger partial charge is 0.244 e. The maximum absolute atomic E-state index is 11.9. The Labute approximate surface area is 150 Å². The van der Waals surface area contributed by atoms with Crippen molar-refractivity contribution in [2.24, 2.45) is 0 Å². The zero-order chi connectivity index (χ0) is 17.2. The summed E-state index contributed by atoms with van der Waals surface area (Å²) in [5.74, 6) is -0.0881. The van der Waals surface area contributed by atoms with Gasteiger partial charge in [0.2, 0.25) is 5.91 Å². The summed E-state index contributed by atoms with van der Waals surface area (Å²) in [7, 11) is -2.99. The molecule has 0 aliphatic carbocycles. The lowest BCUT2D eigenvalue weighted by Gasteiger charge is -2.07. The van der Waals surface area contributed by atoms with Gasteiger partial charge in [-0.15, -0.1) is 11.3 Å². The highest BCUT2D eigenvalue weighted by molar-refractivity contribution is 7.91. The van der Waals surface area contributed by atoms with Crippen molar-refractivity contribution in [2.75, 3.05) is 11.5 Å². The molecule has 0 spiro atoms. The fourth-order valence-electron chi connectivity index (χ4n) is 2.56. The minimum absolute atomic E-state index is 0.0322. The normalized spacial score (nSPS) is 19.6. The molecular weight excluding hydrogens is 366 g/mol. The quantitative estimate of drug-likeness (QED) is 0.826. The molecule has 0 saturated carbocycles. The lowest BCUT2D eigenvalue weighted by atomic mass is 10.2. The summed E-state index contributed by atoms with van der Waals surface area (Å²) >= 11 is 7.56. The van der Waals surface area contributed by atoms with Crippen LogP contribution < -0.4 is 5.32 Å². The molecule has 0 bridgehead atoms. The van der Waals surface area contributed by atoms with Crippen LogP contribution in [0, 0.1) is 0 Å². The predicted octanol–water partition coefficient (Wildman–Crippen LogP) is 3.39. The average Bonchev–Trinajstić information content (AvgIpc) is 3.12. The molecule has 1 aromatic carbocycles. The number of benzene rings is 1. The van der Waals surface area contributed by atoms with Crippen molar-refractivity contribution >= 4 is 44.8 Å². The van der Waals surface area contributed by atoms with Crippen molar-refractivity contribution in [1.82, 2.24) is 5.32 Å². The van der Waals surface area contributed by atoms with Gasteiger partial charge in [0, 0.05) is 26.9 Å². The lowest BCUT2D eigenvalue weighted by Crippen LogP contribution is -2.34. The van der Waals surface area contributed by atoms with Crippen LogP contribution in [-0.4, -0.2) is 31.9 Å². The molecular formula is C17H16ClNO3S2. The highest BCUT2D eigenvalue weighted by atomic mass is 35.5. The molecule has 1 aliphatic heterocycles. The van der Waals surface area contributed by atoms with Crippen LogP contribution in [0.25, 0.3) is 16.5 Å². The summed E-state index contributed by atoms with van der Waals surface area (Å²) in [6, 6.07) is 11.2. The van der Waals surface area contributed by atoms with Crippen LogP contribution in [0.1, 0.15) is 11.3 Å². The van der Waals surface area contributed by atoms with Crippen molar-refractivity contribution in [1.29, 1.82) is 0 Å². The first-order valence-electron chi connectivity index (χ1n) is 7.46. The van der Waals surface area contributed by atoms with E-state index in [1.807, 2.05) is 36.4 Å². The van der Waals surface area contributed by atoms with E-state index < -0.39 is 9.84 Å². The van der Waals surface area contributed by atoms with Gasteiger partial charge in [0.15, 0.2) is 9.84 Å². The molecule has 126 valence electrons. The molecule has 2 aromatic rings. The Morgan fingerprint density at radius 1 is 1.29 bits per heavy atom. The summed E-state index contributed by atoms with van der Waals surface area (Å²) in [6.07, 6.45) is 3.66. The molecule has 1 aliphatic rings. The Morgan fingerprint density at radius 2 is 2.12 bits per heavy atom. The Hall–Kier alpha value is -1.63. The van der Waals surface area contributed by atoms with Gasteiger partial charge in [0.1, 0.15) is 0 Å². The second-order valence-electron chi connectivity index (χ2n) is 5.65. The molecule has 1 saturated heterocycles. The topological polar surface area (TPSA) is 63.2 Å². The van der Waals surface area contributed by atoms with Crippen molar-refractivity contribution in [3.63, 3.8) is 0 Å². The van der Waals surface area contributed by atoms with E-state index in [0.29, 0.717) is 11.4 Å². The molecule has 0 radical (unpaired) electrons. The number of thiophene rings is 1. The SMILES string of the molecule is O=C(C=Cc1ccc(-c2cccc(Cl)c2)s1)NC1CCS(=O)(=O)C1. The fraction of sp³-hybridized carbons (Fsp3) is 0.235. The van der Waals surface area contributed by atoms with Crippen molar-refractivity contribution in [2.45, 2.75) is 12.5 Å². The fourth-order valence-corrected chi connectivity index (χ4v) is 5.33. The molecule has 1 fully saturated rings. The van der Waals surface area contributed by atoms with Gasteiger partial charge >= 0.3 is 0 Å². The molecule has 1 N–H and O–H groups in total. The Balaban J connectivity index is 1.62. The zero-order valence-electron chi connectivity index (χ0n) is 12.7. The van der Waals surface area contributed by atoms with Gasteiger partial charge in [-0.2, -0.15) is 0 Å². The third-order valence-corrected chi connectivity index (χ3v) is 6.82. The van der Waals surface area contributed by atoms with Gasteiger partial charge in [0.25, 0.3) is 0 Å². The summed E-state index contributed by atoms with van der Waals surface area (Å²) in [6.45, 7) is 0. The number of carbonyl (C=O) groups excluding carboxylic acids is 1. The molecule has 4 nitrogen and oxygen atoms in total. The minimum atomic E-state index is -2.99. The van der Waals surface area contributed by atoms with Crippen molar-refractivity contribution in [3.8, 4) is 10.4 Å². The van der Waals surface area contributed by atoms with E-state index in [0.717, 1.165) is 15.3 Å². The monoisotopic (exact) mass is 381 g/mol. The van der Waals surface area contributed by atoms with E-state index in [1.54, 1.807) is 17.4 Å². The average molecular weight is 382 g/mol. The number of hydrogen-bond acceptors (Lipinski definition) is 4. The predicted molar refractivity (Wildman–Crippen MR) is 99.0 cm³/mol. The summed E-state index contributed by atoms with van der Waals surface area (Å²) < 4.78 is 22.8. The number of nitrogens with one attached hydrogen (secondary N) is 1.